The number of rotatable bonds is 4. The zero-order chi connectivity index (χ0) is 14.1. The number of aliphatic hydroxyl groups is 1. The van der Waals surface area contributed by atoms with E-state index >= 15 is 0 Å². The van der Waals surface area contributed by atoms with Gasteiger partial charge in [0.15, 0.2) is 0 Å². The fourth-order valence-corrected chi connectivity index (χ4v) is 2.99. The summed E-state index contributed by atoms with van der Waals surface area (Å²) in [4.78, 5) is 13.7. The maximum atomic E-state index is 11.5. The average Bonchev–Trinajstić information content (AvgIpc) is 2.36. The molecule has 2 aliphatic rings. The highest BCUT2D eigenvalue weighted by Crippen LogP contribution is 2.37. The highest BCUT2D eigenvalue weighted by atomic mass is 16.3. The normalized spacial score (nSPS) is 18.1. The summed E-state index contributed by atoms with van der Waals surface area (Å²) >= 11 is 0. The van der Waals surface area contributed by atoms with Gasteiger partial charge in [-0.05, 0) is 43.4 Å². The first-order valence-corrected chi connectivity index (χ1v) is 7.29. The minimum atomic E-state index is 0.0607. The number of carbonyl (C=O) groups excluding carboxylic acids is 1. The lowest BCUT2D eigenvalue weighted by molar-refractivity contribution is -0.116. The van der Waals surface area contributed by atoms with Gasteiger partial charge in [-0.1, -0.05) is 0 Å². The molecule has 0 radical (unpaired) electrons. The first-order chi connectivity index (χ1) is 9.69. The van der Waals surface area contributed by atoms with Crippen LogP contribution in [0.3, 0.4) is 0 Å². The molecule has 108 valence electrons. The molecule has 0 atom stereocenters. The molecule has 0 spiro atoms. The SMILES string of the molecule is Nc1cc2c(cc1N(CCO)C1CCC1)NC(=O)CC2. The number of anilines is 3. The van der Waals surface area contributed by atoms with E-state index in [0.717, 1.165) is 41.9 Å². The van der Waals surface area contributed by atoms with Crippen LogP contribution in [0.25, 0.3) is 0 Å². The summed E-state index contributed by atoms with van der Waals surface area (Å²) in [5, 5.41) is 12.2. The third-order valence-electron chi connectivity index (χ3n) is 4.31. The maximum absolute atomic E-state index is 11.5. The molecule has 1 aliphatic carbocycles. The van der Waals surface area contributed by atoms with E-state index in [1.807, 2.05) is 12.1 Å². The van der Waals surface area contributed by atoms with Gasteiger partial charge in [0.05, 0.1) is 18.0 Å². The highest BCUT2D eigenvalue weighted by molar-refractivity contribution is 5.95. The van der Waals surface area contributed by atoms with Gasteiger partial charge in [0.2, 0.25) is 5.91 Å². The van der Waals surface area contributed by atoms with Crippen LogP contribution in [0, 0.1) is 0 Å². The van der Waals surface area contributed by atoms with E-state index in [2.05, 4.69) is 10.2 Å². The van der Waals surface area contributed by atoms with E-state index in [0.29, 0.717) is 19.0 Å². The minimum Gasteiger partial charge on any atom is -0.397 e. The number of nitrogen functional groups attached to an aromatic ring is 1. The van der Waals surface area contributed by atoms with Crippen molar-refractivity contribution < 1.29 is 9.90 Å². The number of aryl methyl sites for hydroxylation is 1. The summed E-state index contributed by atoms with van der Waals surface area (Å²) in [6.07, 6.45) is 4.78. The number of nitrogens with two attached hydrogens (primary N) is 1. The molecule has 3 rings (SSSR count). The number of fused-ring (bicyclic) bond motifs is 1. The van der Waals surface area contributed by atoms with Crippen molar-refractivity contribution in [3.8, 4) is 0 Å². The molecule has 1 saturated carbocycles. The molecular weight excluding hydrogens is 254 g/mol. The van der Waals surface area contributed by atoms with Crippen molar-refractivity contribution in [2.24, 2.45) is 0 Å². The van der Waals surface area contributed by atoms with E-state index in [-0.39, 0.29) is 12.5 Å². The Morgan fingerprint density at radius 3 is 2.80 bits per heavy atom. The van der Waals surface area contributed by atoms with Crippen LogP contribution in [0.1, 0.15) is 31.2 Å². The quantitative estimate of drug-likeness (QED) is 0.728. The van der Waals surface area contributed by atoms with Crippen molar-refractivity contribution >= 4 is 23.0 Å². The number of carbonyl (C=O) groups is 1. The zero-order valence-corrected chi connectivity index (χ0v) is 11.6. The van der Waals surface area contributed by atoms with E-state index in [1.165, 1.54) is 6.42 Å². The molecule has 1 heterocycles. The second-order valence-electron chi connectivity index (χ2n) is 5.62. The lowest BCUT2D eigenvalue weighted by Crippen LogP contribution is -2.42. The van der Waals surface area contributed by atoms with Gasteiger partial charge in [-0.25, -0.2) is 0 Å². The van der Waals surface area contributed by atoms with Crippen molar-refractivity contribution in [3.63, 3.8) is 0 Å². The van der Waals surface area contributed by atoms with E-state index in [4.69, 9.17) is 5.73 Å². The first-order valence-electron chi connectivity index (χ1n) is 7.29. The van der Waals surface area contributed by atoms with Crippen molar-refractivity contribution in [2.45, 2.75) is 38.1 Å². The fourth-order valence-electron chi connectivity index (χ4n) is 2.99. The van der Waals surface area contributed by atoms with Crippen molar-refractivity contribution in [2.75, 3.05) is 29.1 Å². The topological polar surface area (TPSA) is 78.6 Å². The van der Waals surface area contributed by atoms with Gasteiger partial charge in [0.25, 0.3) is 0 Å². The zero-order valence-electron chi connectivity index (χ0n) is 11.6. The Kier molecular flexibility index (Phi) is 3.53. The van der Waals surface area contributed by atoms with Gasteiger partial charge in [-0.15, -0.1) is 0 Å². The number of nitrogens with one attached hydrogen (secondary N) is 1. The Morgan fingerprint density at radius 1 is 1.35 bits per heavy atom. The third kappa shape index (κ3) is 2.33. The van der Waals surface area contributed by atoms with Crippen LogP contribution < -0.4 is 16.0 Å². The van der Waals surface area contributed by atoms with Crippen LogP contribution in [0.5, 0.6) is 0 Å². The van der Waals surface area contributed by atoms with Crippen LogP contribution in [0.15, 0.2) is 12.1 Å². The Morgan fingerprint density at radius 2 is 2.15 bits per heavy atom. The van der Waals surface area contributed by atoms with Crippen LogP contribution in [0.4, 0.5) is 17.1 Å². The summed E-state index contributed by atoms with van der Waals surface area (Å²) in [7, 11) is 0. The number of aliphatic hydroxyl groups excluding tert-OH is 1. The standard InChI is InChI=1S/C15H21N3O2/c16-12-8-10-4-5-15(20)17-13(10)9-14(12)18(6-7-19)11-2-1-3-11/h8-9,11,19H,1-7,16H2,(H,17,20). The van der Waals surface area contributed by atoms with Crippen molar-refractivity contribution in [1.29, 1.82) is 0 Å². The van der Waals surface area contributed by atoms with Crippen LogP contribution in [-0.2, 0) is 11.2 Å². The molecule has 1 aliphatic heterocycles. The van der Waals surface area contributed by atoms with Gasteiger partial charge in [0.1, 0.15) is 0 Å². The molecule has 1 fully saturated rings. The third-order valence-corrected chi connectivity index (χ3v) is 4.31. The molecule has 0 aromatic heterocycles. The molecule has 1 amide bonds. The Balaban J connectivity index is 1.94. The second-order valence-corrected chi connectivity index (χ2v) is 5.62. The smallest absolute Gasteiger partial charge is 0.224 e. The number of benzene rings is 1. The summed E-state index contributed by atoms with van der Waals surface area (Å²) in [6, 6.07) is 4.39. The van der Waals surface area contributed by atoms with Gasteiger partial charge < -0.3 is 21.1 Å². The number of nitrogens with zero attached hydrogens (tertiary/aromatic N) is 1. The van der Waals surface area contributed by atoms with Crippen LogP contribution in [0.2, 0.25) is 0 Å². The van der Waals surface area contributed by atoms with Crippen LogP contribution in [-0.4, -0.2) is 30.2 Å². The molecular formula is C15H21N3O2. The maximum Gasteiger partial charge on any atom is 0.224 e. The molecule has 5 heteroatoms. The highest BCUT2D eigenvalue weighted by Gasteiger charge is 2.27. The summed E-state index contributed by atoms with van der Waals surface area (Å²) < 4.78 is 0. The monoisotopic (exact) mass is 275 g/mol. The Labute approximate surface area is 118 Å². The largest absolute Gasteiger partial charge is 0.397 e. The number of hydrogen-bond donors (Lipinski definition) is 3. The first kappa shape index (κ1) is 13.2. The average molecular weight is 275 g/mol. The van der Waals surface area contributed by atoms with Gasteiger partial charge in [-0.2, -0.15) is 0 Å². The molecule has 1 aromatic rings. The lowest BCUT2D eigenvalue weighted by Gasteiger charge is -2.40. The Bertz CT molecular complexity index is 526. The van der Waals surface area contributed by atoms with E-state index in [1.54, 1.807) is 0 Å². The molecule has 4 N–H and O–H groups in total. The number of amides is 1. The van der Waals surface area contributed by atoms with Gasteiger partial charge in [-0.3, -0.25) is 4.79 Å². The predicted octanol–water partition coefficient (Wildman–Crippen LogP) is 1.50. The van der Waals surface area contributed by atoms with Gasteiger partial charge in [0, 0.05) is 24.7 Å². The van der Waals surface area contributed by atoms with Crippen LogP contribution >= 0.6 is 0 Å². The molecule has 0 bridgehead atoms. The van der Waals surface area contributed by atoms with Crippen molar-refractivity contribution in [1.82, 2.24) is 0 Å². The molecule has 0 unspecified atom stereocenters. The summed E-state index contributed by atoms with van der Waals surface area (Å²) in [5.41, 5.74) is 9.83. The molecule has 1 aromatic carbocycles. The van der Waals surface area contributed by atoms with E-state index in [9.17, 15) is 9.90 Å². The molecule has 0 saturated heterocycles. The lowest BCUT2D eigenvalue weighted by atomic mass is 9.90. The summed E-state index contributed by atoms with van der Waals surface area (Å²) in [5.74, 6) is 0.0607. The predicted molar refractivity (Wildman–Crippen MR) is 79.9 cm³/mol. The second kappa shape index (κ2) is 5.32. The summed E-state index contributed by atoms with van der Waals surface area (Å²) in [6.45, 7) is 0.695. The minimum absolute atomic E-state index is 0.0607. The number of hydrogen-bond acceptors (Lipinski definition) is 4. The molecule has 5 nitrogen and oxygen atoms in total. The van der Waals surface area contributed by atoms with E-state index < -0.39 is 0 Å². The van der Waals surface area contributed by atoms with Gasteiger partial charge >= 0.3 is 0 Å². The molecule has 20 heavy (non-hydrogen) atoms. The van der Waals surface area contributed by atoms with Crippen molar-refractivity contribution in [3.05, 3.63) is 17.7 Å². The fraction of sp³-hybridized carbons (Fsp3) is 0.533. The Hall–Kier alpha value is -1.75.